The molecule has 1 heterocycles. The standard InChI is InChI=1S/C15H23NO3S/c1-11-15(6-7-19-11)20(17)10-13-8-12(9-16-2)4-5-14(13)18-3/h4-5,8,11,15-16H,6-7,9-10H2,1-3H3. The highest BCUT2D eigenvalue weighted by atomic mass is 32.2. The molecule has 5 heteroatoms. The number of hydrogen-bond donors (Lipinski definition) is 1. The Labute approximate surface area is 123 Å². The van der Waals surface area contributed by atoms with E-state index in [0.717, 1.165) is 24.3 Å². The lowest BCUT2D eigenvalue weighted by atomic mass is 10.1. The van der Waals surface area contributed by atoms with Crippen LogP contribution in [0, 0.1) is 0 Å². The molecule has 1 fully saturated rings. The van der Waals surface area contributed by atoms with Crippen LogP contribution in [0.1, 0.15) is 24.5 Å². The van der Waals surface area contributed by atoms with E-state index >= 15 is 0 Å². The van der Waals surface area contributed by atoms with Gasteiger partial charge in [-0.3, -0.25) is 4.21 Å². The average molecular weight is 297 g/mol. The molecule has 3 atom stereocenters. The minimum Gasteiger partial charge on any atom is -0.496 e. The molecule has 1 aliphatic heterocycles. The first-order valence-electron chi connectivity index (χ1n) is 6.95. The van der Waals surface area contributed by atoms with Crippen LogP contribution in [0.4, 0.5) is 0 Å². The van der Waals surface area contributed by atoms with Crippen LogP contribution in [0.15, 0.2) is 18.2 Å². The van der Waals surface area contributed by atoms with Crippen LogP contribution >= 0.6 is 0 Å². The monoisotopic (exact) mass is 297 g/mol. The zero-order valence-corrected chi connectivity index (χ0v) is 13.2. The summed E-state index contributed by atoms with van der Waals surface area (Å²) in [5, 5.41) is 3.26. The molecule has 3 unspecified atom stereocenters. The third-order valence-electron chi connectivity index (χ3n) is 3.67. The number of methoxy groups -OCH3 is 1. The minimum absolute atomic E-state index is 0.0855. The van der Waals surface area contributed by atoms with Gasteiger partial charge in [0.15, 0.2) is 0 Å². The molecule has 20 heavy (non-hydrogen) atoms. The van der Waals surface area contributed by atoms with Crippen molar-refractivity contribution in [3.63, 3.8) is 0 Å². The lowest BCUT2D eigenvalue weighted by Gasteiger charge is -2.16. The zero-order chi connectivity index (χ0) is 14.5. The van der Waals surface area contributed by atoms with Crippen molar-refractivity contribution in [2.75, 3.05) is 20.8 Å². The van der Waals surface area contributed by atoms with E-state index in [1.165, 1.54) is 5.56 Å². The fourth-order valence-electron chi connectivity index (χ4n) is 2.58. The Bertz CT molecular complexity index is 478. The molecule has 112 valence electrons. The van der Waals surface area contributed by atoms with Crippen LogP contribution < -0.4 is 10.1 Å². The molecule has 1 saturated heterocycles. The Hall–Kier alpha value is -0.910. The Balaban J connectivity index is 2.14. The minimum atomic E-state index is -0.926. The first-order chi connectivity index (χ1) is 9.65. The van der Waals surface area contributed by atoms with Crippen LogP contribution in [0.2, 0.25) is 0 Å². The molecule has 1 aliphatic rings. The van der Waals surface area contributed by atoms with Gasteiger partial charge in [0.1, 0.15) is 5.75 Å². The van der Waals surface area contributed by atoms with Gasteiger partial charge in [-0.1, -0.05) is 6.07 Å². The first kappa shape index (κ1) is 15.5. The quantitative estimate of drug-likeness (QED) is 0.870. The number of benzene rings is 1. The van der Waals surface area contributed by atoms with E-state index in [-0.39, 0.29) is 11.4 Å². The number of nitrogens with one attached hydrogen (secondary N) is 1. The fourth-order valence-corrected chi connectivity index (χ4v) is 4.19. The van der Waals surface area contributed by atoms with Crippen LogP contribution in [0.3, 0.4) is 0 Å². The molecule has 0 radical (unpaired) electrons. The SMILES string of the molecule is CNCc1ccc(OC)c(CS(=O)C2CCOC2C)c1. The molecule has 1 N–H and O–H groups in total. The van der Waals surface area contributed by atoms with E-state index in [2.05, 4.69) is 11.4 Å². The predicted molar refractivity (Wildman–Crippen MR) is 81.4 cm³/mol. The molecule has 4 nitrogen and oxygen atoms in total. The molecule has 0 bridgehead atoms. The van der Waals surface area contributed by atoms with Crippen LogP contribution in [0.5, 0.6) is 5.75 Å². The maximum absolute atomic E-state index is 12.5. The van der Waals surface area contributed by atoms with Crippen molar-refractivity contribution in [2.45, 2.75) is 37.0 Å². The molecule has 1 aromatic carbocycles. The summed E-state index contributed by atoms with van der Waals surface area (Å²) in [6, 6.07) is 6.06. The molecule has 0 aliphatic carbocycles. The summed E-state index contributed by atoms with van der Waals surface area (Å²) in [7, 11) is 2.64. The highest BCUT2D eigenvalue weighted by Gasteiger charge is 2.30. The van der Waals surface area contributed by atoms with Gasteiger partial charge >= 0.3 is 0 Å². The molecular formula is C15H23NO3S. The van der Waals surface area contributed by atoms with Crippen molar-refractivity contribution in [1.29, 1.82) is 0 Å². The second-order valence-electron chi connectivity index (χ2n) is 5.10. The molecule has 0 saturated carbocycles. The van der Waals surface area contributed by atoms with Crippen molar-refractivity contribution in [3.8, 4) is 5.75 Å². The van der Waals surface area contributed by atoms with Crippen LogP contribution in [-0.2, 0) is 27.8 Å². The summed E-state index contributed by atoms with van der Waals surface area (Å²) in [4.78, 5) is 0. The third kappa shape index (κ3) is 3.59. The normalized spacial score (nSPS) is 23.8. The summed E-state index contributed by atoms with van der Waals surface area (Å²) in [5.74, 6) is 1.34. The first-order valence-corrected chi connectivity index (χ1v) is 8.33. The zero-order valence-electron chi connectivity index (χ0n) is 12.3. The van der Waals surface area contributed by atoms with Crippen molar-refractivity contribution in [3.05, 3.63) is 29.3 Å². The van der Waals surface area contributed by atoms with Crippen molar-refractivity contribution >= 4 is 10.8 Å². The van der Waals surface area contributed by atoms with E-state index in [1.807, 2.05) is 26.1 Å². The maximum atomic E-state index is 12.5. The Kier molecular flexibility index (Phi) is 5.57. The van der Waals surface area contributed by atoms with E-state index < -0.39 is 10.8 Å². The van der Waals surface area contributed by atoms with Gasteiger partial charge in [0.05, 0.1) is 24.2 Å². The van der Waals surface area contributed by atoms with Crippen molar-refractivity contribution in [2.24, 2.45) is 0 Å². The summed E-state index contributed by atoms with van der Waals surface area (Å²) >= 11 is 0. The highest BCUT2D eigenvalue weighted by Crippen LogP contribution is 2.26. The van der Waals surface area contributed by atoms with E-state index in [4.69, 9.17) is 9.47 Å². The predicted octanol–water partition coefficient (Wildman–Crippen LogP) is 1.84. The van der Waals surface area contributed by atoms with E-state index in [0.29, 0.717) is 12.4 Å². The highest BCUT2D eigenvalue weighted by molar-refractivity contribution is 7.84. The van der Waals surface area contributed by atoms with E-state index in [9.17, 15) is 4.21 Å². The van der Waals surface area contributed by atoms with Gasteiger partial charge in [0, 0.05) is 29.5 Å². The lowest BCUT2D eigenvalue weighted by molar-refractivity contribution is 0.127. The second kappa shape index (κ2) is 7.20. The largest absolute Gasteiger partial charge is 0.496 e. The topological polar surface area (TPSA) is 47.6 Å². The Morgan fingerprint density at radius 3 is 2.90 bits per heavy atom. The van der Waals surface area contributed by atoms with Gasteiger partial charge in [-0.05, 0) is 38.1 Å². The van der Waals surface area contributed by atoms with Gasteiger partial charge in [-0.2, -0.15) is 0 Å². The number of hydrogen-bond acceptors (Lipinski definition) is 4. The molecule has 2 rings (SSSR count). The van der Waals surface area contributed by atoms with E-state index in [1.54, 1.807) is 7.11 Å². The molecule has 0 amide bonds. The van der Waals surface area contributed by atoms with Crippen LogP contribution in [0.25, 0.3) is 0 Å². The maximum Gasteiger partial charge on any atom is 0.123 e. The summed E-state index contributed by atoms with van der Waals surface area (Å²) in [6.45, 7) is 3.52. The molecule has 1 aromatic rings. The summed E-state index contributed by atoms with van der Waals surface area (Å²) in [6.07, 6.45) is 0.967. The lowest BCUT2D eigenvalue weighted by Crippen LogP contribution is -2.24. The molecule has 0 aromatic heterocycles. The van der Waals surface area contributed by atoms with Gasteiger partial charge < -0.3 is 14.8 Å². The summed E-state index contributed by atoms with van der Waals surface area (Å²) < 4.78 is 23.4. The van der Waals surface area contributed by atoms with Gasteiger partial charge in [-0.25, -0.2) is 0 Å². The van der Waals surface area contributed by atoms with Gasteiger partial charge in [0.25, 0.3) is 0 Å². The summed E-state index contributed by atoms with van der Waals surface area (Å²) in [5.41, 5.74) is 2.19. The van der Waals surface area contributed by atoms with Crippen molar-refractivity contribution < 1.29 is 13.7 Å². The third-order valence-corrected chi connectivity index (χ3v) is 5.56. The number of rotatable bonds is 6. The number of ether oxygens (including phenoxy) is 2. The molecule has 0 spiro atoms. The smallest absolute Gasteiger partial charge is 0.123 e. The molecular weight excluding hydrogens is 274 g/mol. The van der Waals surface area contributed by atoms with Gasteiger partial charge in [0.2, 0.25) is 0 Å². The van der Waals surface area contributed by atoms with Crippen LogP contribution in [-0.4, -0.2) is 36.3 Å². The van der Waals surface area contributed by atoms with Crippen molar-refractivity contribution in [1.82, 2.24) is 5.32 Å². The Morgan fingerprint density at radius 1 is 1.50 bits per heavy atom. The second-order valence-corrected chi connectivity index (χ2v) is 6.76. The van der Waals surface area contributed by atoms with Gasteiger partial charge in [-0.15, -0.1) is 0 Å². The fraction of sp³-hybridized carbons (Fsp3) is 0.600. The Morgan fingerprint density at radius 2 is 2.30 bits per heavy atom. The average Bonchev–Trinajstić information content (AvgIpc) is 2.86.